The molecular weight excluding hydrogens is 360 g/mol. The Morgan fingerprint density at radius 1 is 1.15 bits per heavy atom. The average molecular weight is 385 g/mol. The first kappa shape index (κ1) is 19.3. The number of nitrogens with zero attached hydrogens (tertiary/aromatic N) is 1. The molecule has 1 atom stereocenters. The summed E-state index contributed by atoms with van der Waals surface area (Å²) in [6.45, 7) is 7.94. The molecule has 0 spiro atoms. The van der Waals surface area contributed by atoms with E-state index in [1.54, 1.807) is 30.3 Å². The van der Waals surface area contributed by atoms with E-state index in [1.807, 2.05) is 32.0 Å². The predicted molar refractivity (Wildman–Crippen MR) is 108 cm³/mol. The fourth-order valence-electron chi connectivity index (χ4n) is 3.47. The molecule has 0 aromatic heterocycles. The largest absolute Gasteiger partial charge is 0.325 e. The number of hydrogen-bond donors (Lipinski definition) is 1. The predicted octanol–water partition coefficient (Wildman–Crippen LogP) is 3.74. The molecule has 2 aromatic carbocycles. The van der Waals surface area contributed by atoms with E-state index in [0.29, 0.717) is 25.1 Å². The highest BCUT2D eigenvalue weighted by Gasteiger charge is 2.39. The van der Waals surface area contributed by atoms with Crippen LogP contribution in [0.1, 0.15) is 29.5 Å². The number of hydrogen-bond acceptors (Lipinski definition) is 3. The molecule has 0 radical (unpaired) electrons. The number of sulfonamides is 1. The van der Waals surface area contributed by atoms with Gasteiger partial charge in [-0.15, -0.1) is 0 Å². The lowest BCUT2D eigenvalue weighted by atomic mass is 10.1. The first-order valence-corrected chi connectivity index (χ1v) is 10.4. The molecule has 142 valence electrons. The van der Waals surface area contributed by atoms with E-state index < -0.39 is 16.1 Å². The van der Waals surface area contributed by atoms with Crippen LogP contribution in [-0.2, 0) is 14.8 Å². The van der Waals surface area contributed by atoms with Crippen molar-refractivity contribution >= 4 is 27.7 Å². The van der Waals surface area contributed by atoms with Crippen LogP contribution in [0.15, 0.2) is 53.9 Å². The molecule has 1 amide bonds. The van der Waals surface area contributed by atoms with Gasteiger partial charge in [-0.25, -0.2) is 8.42 Å². The number of carbonyl (C=O) groups excluding carboxylic acids is 1. The van der Waals surface area contributed by atoms with Crippen LogP contribution in [0.2, 0.25) is 0 Å². The van der Waals surface area contributed by atoms with Gasteiger partial charge < -0.3 is 5.32 Å². The Morgan fingerprint density at radius 3 is 2.37 bits per heavy atom. The van der Waals surface area contributed by atoms with Gasteiger partial charge in [-0.3, -0.25) is 4.79 Å². The maximum Gasteiger partial charge on any atom is 0.243 e. The summed E-state index contributed by atoms with van der Waals surface area (Å²) in [4.78, 5) is 13.0. The number of rotatable bonds is 5. The second-order valence-electron chi connectivity index (χ2n) is 6.91. The van der Waals surface area contributed by atoms with E-state index in [0.717, 1.165) is 16.7 Å². The lowest BCUT2D eigenvalue weighted by Crippen LogP contribution is -2.43. The molecule has 1 heterocycles. The molecule has 27 heavy (non-hydrogen) atoms. The molecule has 1 saturated heterocycles. The molecule has 1 fully saturated rings. The molecule has 5 nitrogen and oxygen atoms in total. The standard InChI is InChI=1S/C21H24N2O3S/c1-4-17-7-9-19(10-8-17)27(25,26)23-11-5-6-20(23)21(24)22-18-13-15(2)12-16(3)14-18/h4,7-10,12-14,20H,1,5-6,11H2,2-3H3,(H,22,24)/t20-/m0/s1. The minimum atomic E-state index is -3.73. The van der Waals surface area contributed by atoms with E-state index in [9.17, 15) is 13.2 Å². The second-order valence-corrected chi connectivity index (χ2v) is 8.80. The van der Waals surface area contributed by atoms with Gasteiger partial charge in [0, 0.05) is 12.2 Å². The highest BCUT2D eigenvalue weighted by atomic mass is 32.2. The third kappa shape index (κ3) is 4.12. The maximum atomic E-state index is 13.0. The number of anilines is 1. The molecular formula is C21H24N2O3S. The lowest BCUT2D eigenvalue weighted by molar-refractivity contribution is -0.119. The zero-order valence-electron chi connectivity index (χ0n) is 15.6. The Balaban J connectivity index is 1.82. The van der Waals surface area contributed by atoms with Crippen LogP contribution < -0.4 is 5.32 Å². The van der Waals surface area contributed by atoms with Crippen LogP contribution in [0.5, 0.6) is 0 Å². The summed E-state index contributed by atoms with van der Waals surface area (Å²) in [6.07, 6.45) is 2.84. The monoisotopic (exact) mass is 384 g/mol. The summed E-state index contributed by atoms with van der Waals surface area (Å²) in [5.41, 5.74) is 3.63. The van der Waals surface area contributed by atoms with Crippen molar-refractivity contribution in [1.82, 2.24) is 4.31 Å². The Bertz CT molecular complexity index is 945. The number of aryl methyl sites for hydroxylation is 2. The SMILES string of the molecule is C=Cc1ccc(S(=O)(=O)N2CCC[C@H]2C(=O)Nc2cc(C)cc(C)c2)cc1. The molecule has 3 rings (SSSR count). The number of nitrogens with one attached hydrogen (secondary N) is 1. The van der Waals surface area contributed by atoms with E-state index in [-0.39, 0.29) is 10.8 Å². The average Bonchev–Trinajstić information content (AvgIpc) is 3.11. The molecule has 0 saturated carbocycles. The van der Waals surface area contributed by atoms with Gasteiger partial charge in [0.15, 0.2) is 0 Å². The quantitative estimate of drug-likeness (QED) is 0.854. The van der Waals surface area contributed by atoms with Gasteiger partial charge in [-0.2, -0.15) is 4.31 Å². The van der Waals surface area contributed by atoms with Crippen molar-refractivity contribution in [2.45, 2.75) is 37.6 Å². The molecule has 0 unspecified atom stereocenters. The van der Waals surface area contributed by atoms with Gasteiger partial charge >= 0.3 is 0 Å². The highest BCUT2D eigenvalue weighted by molar-refractivity contribution is 7.89. The first-order chi connectivity index (χ1) is 12.8. The number of amides is 1. The van der Waals surface area contributed by atoms with Gasteiger partial charge in [0.2, 0.25) is 15.9 Å². The van der Waals surface area contributed by atoms with E-state index in [2.05, 4.69) is 11.9 Å². The topological polar surface area (TPSA) is 66.5 Å². The third-order valence-corrected chi connectivity index (χ3v) is 6.64. The van der Waals surface area contributed by atoms with Crippen molar-refractivity contribution in [3.05, 3.63) is 65.7 Å². The molecule has 1 N–H and O–H groups in total. The summed E-state index contributed by atoms with van der Waals surface area (Å²) in [7, 11) is -3.73. The fraction of sp³-hybridized carbons (Fsp3) is 0.286. The Hall–Kier alpha value is -2.44. The maximum absolute atomic E-state index is 13.0. The van der Waals surface area contributed by atoms with E-state index in [1.165, 1.54) is 4.31 Å². The van der Waals surface area contributed by atoms with Crippen molar-refractivity contribution in [3.63, 3.8) is 0 Å². The minimum absolute atomic E-state index is 0.194. The molecule has 2 aromatic rings. The Labute approximate surface area is 160 Å². The Morgan fingerprint density at radius 2 is 1.78 bits per heavy atom. The van der Waals surface area contributed by atoms with Crippen LogP contribution in [0.25, 0.3) is 6.08 Å². The summed E-state index contributed by atoms with van der Waals surface area (Å²) in [6, 6.07) is 11.6. The third-order valence-electron chi connectivity index (χ3n) is 4.72. The molecule has 1 aliphatic rings. The number of benzene rings is 2. The molecule has 6 heteroatoms. The fourth-order valence-corrected chi connectivity index (χ4v) is 5.13. The van der Waals surface area contributed by atoms with Crippen molar-refractivity contribution in [2.24, 2.45) is 0 Å². The van der Waals surface area contributed by atoms with Gasteiger partial charge in [0.1, 0.15) is 6.04 Å². The van der Waals surface area contributed by atoms with Crippen LogP contribution in [-0.4, -0.2) is 31.2 Å². The zero-order chi connectivity index (χ0) is 19.6. The molecule has 1 aliphatic heterocycles. The van der Waals surface area contributed by atoms with E-state index >= 15 is 0 Å². The normalized spacial score (nSPS) is 17.6. The van der Waals surface area contributed by atoms with Crippen molar-refractivity contribution < 1.29 is 13.2 Å². The zero-order valence-corrected chi connectivity index (χ0v) is 16.4. The summed E-state index contributed by atoms with van der Waals surface area (Å²) >= 11 is 0. The summed E-state index contributed by atoms with van der Waals surface area (Å²) in [5.74, 6) is -0.288. The van der Waals surface area contributed by atoms with Gasteiger partial charge in [0.25, 0.3) is 0 Å². The summed E-state index contributed by atoms with van der Waals surface area (Å²) in [5, 5.41) is 2.88. The lowest BCUT2D eigenvalue weighted by Gasteiger charge is -2.23. The van der Waals surface area contributed by atoms with Crippen LogP contribution >= 0.6 is 0 Å². The van der Waals surface area contributed by atoms with Crippen LogP contribution in [0, 0.1) is 13.8 Å². The van der Waals surface area contributed by atoms with Crippen LogP contribution in [0.4, 0.5) is 5.69 Å². The minimum Gasteiger partial charge on any atom is -0.325 e. The molecule has 0 bridgehead atoms. The van der Waals surface area contributed by atoms with Gasteiger partial charge in [0.05, 0.1) is 4.90 Å². The summed E-state index contributed by atoms with van der Waals surface area (Å²) < 4.78 is 27.4. The van der Waals surface area contributed by atoms with Gasteiger partial charge in [-0.05, 0) is 67.6 Å². The van der Waals surface area contributed by atoms with Crippen molar-refractivity contribution in [2.75, 3.05) is 11.9 Å². The van der Waals surface area contributed by atoms with E-state index in [4.69, 9.17) is 0 Å². The second kappa shape index (κ2) is 7.66. The first-order valence-electron chi connectivity index (χ1n) is 8.95. The smallest absolute Gasteiger partial charge is 0.243 e. The van der Waals surface area contributed by atoms with Crippen LogP contribution in [0.3, 0.4) is 0 Å². The highest BCUT2D eigenvalue weighted by Crippen LogP contribution is 2.27. The van der Waals surface area contributed by atoms with Gasteiger partial charge in [-0.1, -0.05) is 30.9 Å². The van der Waals surface area contributed by atoms with Crippen molar-refractivity contribution in [3.8, 4) is 0 Å². The Kier molecular flexibility index (Phi) is 5.48. The number of carbonyl (C=O) groups is 1. The van der Waals surface area contributed by atoms with Crippen molar-refractivity contribution in [1.29, 1.82) is 0 Å². The molecule has 0 aliphatic carbocycles.